The van der Waals surface area contributed by atoms with Gasteiger partial charge in [-0.25, -0.2) is 0 Å². The van der Waals surface area contributed by atoms with Crippen LogP contribution in [-0.4, -0.2) is 40.4 Å². The van der Waals surface area contributed by atoms with Crippen molar-refractivity contribution in [1.29, 1.82) is 0 Å². The second kappa shape index (κ2) is 9.97. The number of halogens is 1. The minimum atomic E-state index is -0.843. The number of nitrogens with zero attached hydrogens (tertiary/aromatic N) is 2. The van der Waals surface area contributed by atoms with Crippen LogP contribution in [0.3, 0.4) is 0 Å². The molecular formula is C26H23ClN2O5. The Kier molecular flexibility index (Phi) is 6.84. The molecule has 1 atom stereocenters. The van der Waals surface area contributed by atoms with E-state index >= 15 is 0 Å². The van der Waals surface area contributed by atoms with Gasteiger partial charge in [0.1, 0.15) is 17.3 Å². The number of methoxy groups -OCH3 is 1. The van der Waals surface area contributed by atoms with Gasteiger partial charge < -0.3 is 19.5 Å². The number of aliphatic hydroxyl groups is 1. The van der Waals surface area contributed by atoms with E-state index in [1.54, 1.807) is 55.9 Å². The average molecular weight is 479 g/mol. The molecule has 1 aliphatic rings. The lowest BCUT2D eigenvalue weighted by atomic mass is 9.96. The molecular weight excluding hydrogens is 456 g/mol. The molecule has 0 radical (unpaired) electrons. The Bertz CT molecular complexity index is 1260. The van der Waals surface area contributed by atoms with Crippen molar-refractivity contribution in [3.05, 3.63) is 94.3 Å². The number of Topliss-reactive ketones (excluding diaryl/α,β-unsaturated/α-hetero) is 1. The summed E-state index contributed by atoms with van der Waals surface area (Å²) in [6, 6.07) is 14.6. The van der Waals surface area contributed by atoms with Gasteiger partial charge in [0.05, 0.1) is 36.9 Å². The molecule has 1 aliphatic heterocycles. The molecule has 0 spiro atoms. The molecule has 2 heterocycles. The van der Waals surface area contributed by atoms with Crippen molar-refractivity contribution in [2.24, 2.45) is 0 Å². The maximum atomic E-state index is 13.2. The lowest BCUT2D eigenvalue weighted by Crippen LogP contribution is -2.29. The highest BCUT2D eigenvalue weighted by Gasteiger charge is 2.46. The normalized spacial score (nSPS) is 17.1. The topological polar surface area (TPSA) is 89.0 Å². The van der Waals surface area contributed by atoms with E-state index in [1.165, 1.54) is 4.90 Å². The van der Waals surface area contributed by atoms with Crippen molar-refractivity contribution in [3.8, 4) is 11.5 Å². The summed E-state index contributed by atoms with van der Waals surface area (Å²) in [4.78, 5) is 32.0. The van der Waals surface area contributed by atoms with E-state index in [0.29, 0.717) is 34.3 Å². The first-order chi connectivity index (χ1) is 16.5. The zero-order valence-corrected chi connectivity index (χ0v) is 19.5. The van der Waals surface area contributed by atoms with E-state index in [2.05, 4.69) is 4.98 Å². The third kappa shape index (κ3) is 4.34. The maximum absolute atomic E-state index is 13.2. The molecule has 4 rings (SSSR count). The Labute approximate surface area is 202 Å². The smallest absolute Gasteiger partial charge is 0.295 e. The SMILES string of the molecule is CCOc1cc(/C(O)=C2/C(=O)C(=O)N(Cc3ccccc3OC)C2c2cccnc2)ccc1Cl. The summed E-state index contributed by atoms with van der Waals surface area (Å²) in [6.07, 6.45) is 3.18. The third-order valence-corrected chi connectivity index (χ3v) is 5.89. The zero-order valence-electron chi connectivity index (χ0n) is 18.7. The number of carbonyl (C=O) groups is 2. The van der Waals surface area contributed by atoms with Gasteiger partial charge in [-0.15, -0.1) is 0 Å². The van der Waals surface area contributed by atoms with Crippen LogP contribution in [0.2, 0.25) is 5.02 Å². The number of hydrogen-bond donors (Lipinski definition) is 1. The summed E-state index contributed by atoms with van der Waals surface area (Å²) in [5, 5.41) is 11.6. The maximum Gasteiger partial charge on any atom is 0.295 e. The second-order valence-electron chi connectivity index (χ2n) is 7.60. The molecule has 1 fully saturated rings. The molecule has 1 amide bonds. The number of pyridine rings is 1. The predicted molar refractivity (Wildman–Crippen MR) is 128 cm³/mol. The van der Waals surface area contributed by atoms with E-state index in [-0.39, 0.29) is 17.9 Å². The van der Waals surface area contributed by atoms with Crippen LogP contribution in [0.15, 0.2) is 72.6 Å². The van der Waals surface area contributed by atoms with Gasteiger partial charge in [0.15, 0.2) is 0 Å². The summed E-state index contributed by atoms with van der Waals surface area (Å²) in [7, 11) is 1.54. The monoisotopic (exact) mass is 478 g/mol. The van der Waals surface area contributed by atoms with Crippen molar-refractivity contribution in [2.75, 3.05) is 13.7 Å². The van der Waals surface area contributed by atoms with Gasteiger partial charge in [-0.2, -0.15) is 0 Å². The fraction of sp³-hybridized carbons (Fsp3) is 0.192. The van der Waals surface area contributed by atoms with Crippen LogP contribution >= 0.6 is 11.6 Å². The molecule has 34 heavy (non-hydrogen) atoms. The molecule has 1 aromatic heterocycles. The third-order valence-electron chi connectivity index (χ3n) is 5.58. The molecule has 1 saturated heterocycles. The van der Waals surface area contributed by atoms with Crippen LogP contribution in [0.25, 0.3) is 5.76 Å². The molecule has 7 nitrogen and oxygen atoms in total. The van der Waals surface area contributed by atoms with Crippen LogP contribution < -0.4 is 9.47 Å². The molecule has 174 valence electrons. The van der Waals surface area contributed by atoms with E-state index in [9.17, 15) is 14.7 Å². The van der Waals surface area contributed by atoms with Gasteiger partial charge in [0.2, 0.25) is 0 Å². The molecule has 2 aromatic carbocycles. The summed E-state index contributed by atoms with van der Waals surface area (Å²) in [6.45, 7) is 2.30. The van der Waals surface area contributed by atoms with Crippen molar-refractivity contribution in [3.63, 3.8) is 0 Å². The summed E-state index contributed by atoms with van der Waals surface area (Å²) in [5.74, 6) is -0.857. The number of benzene rings is 2. The number of amides is 1. The first-order valence-corrected chi connectivity index (χ1v) is 11.1. The molecule has 0 bridgehead atoms. The van der Waals surface area contributed by atoms with Crippen LogP contribution in [0, 0.1) is 0 Å². The number of rotatable bonds is 7. The Morgan fingerprint density at radius 3 is 2.62 bits per heavy atom. The molecule has 0 saturated carbocycles. The molecule has 1 N–H and O–H groups in total. The molecule has 1 unspecified atom stereocenters. The number of carbonyl (C=O) groups excluding carboxylic acids is 2. The highest BCUT2D eigenvalue weighted by molar-refractivity contribution is 6.46. The van der Waals surface area contributed by atoms with Crippen LogP contribution in [-0.2, 0) is 16.1 Å². The molecule has 0 aliphatic carbocycles. The van der Waals surface area contributed by atoms with Gasteiger partial charge in [-0.1, -0.05) is 35.9 Å². The van der Waals surface area contributed by atoms with Crippen molar-refractivity contribution < 1.29 is 24.2 Å². The Morgan fingerprint density at radius 2 is 1.91 bits per heavy atom. The number of ether oxygens (including phenoxy) is 2. The summed E-state index contributed by atoms with van der Waals surface area (Å²) in [5.41, 5.74) is 1.61. The number of likely N-dealkylation sites (tertiary alicyclic amines) is 1. The fourth-order valence-corrected chi connectivity index (χ4v) is 4.19. The highest BCUT2D eigenvalue weighted by atomic mass is 35.5. The van der Waals surface area contributed by atoms with Crippen molar-refractivity contribution >= 4 is 29.1 Å². The van der Waals surface area contributed by atoms with Crippen molar-refractivity contribution in [2.45, 2.75) is 19.5 Å². The van der Waals surface area contributed by atoms with Crippen LogP contribution in [0.5, 0.6) is 11.5 Å². The quantitative estimate of drug-likeness (QED) is 0.299. The van der Waals surface area contributed by atoms with E-state index < -0.39 is 17.7 Å². The molecule has 3 aromatic rings. The van der Waals surface area contributed by atoms with Gasteiger partial charge in [0, 0.05) is 23.5 Å². The lowest BCUT2D eigenvalue weighted by Gasteiger charge is -2.25. The van der Waals surface area contributed by atoms with E-state index in [4.69, 9.17) is 21.1 Å². The number of ketones is 1. The highest BCUT2D eigenvalue weighted by Crippen LogP contribution is 2.41. The average Bonchev–Trinajstić information content (AvgIpc) is 3.11. The zero-order chi connectivity index (χ0) is 24.2. The lowest BCUT2D eigenvalue weighted by molar-refractivity contribution is -0.140. The van der Waals surface area contributed by atoms with Gasteiger partial charge in [-0.3, -0.25) is 14.6 Å². The largest absolute Gasteiger partial charge is 0.507 e. The minimum Gasteiger partial charge on any atom is -0.507 e. The van der Waals surface area contributed by atoms with E-state index in [0.717, 1.165) is 5.56 Å². The van der Waals surface area contributed by atoms with Gasteiger partial charge in [0.25, 0.3) is 11.7 Å². The fourth-order valence-electron chi connectivity index (χ4n) is 4.02. The van der Waals surface area contributed by atoms with Crippen LogP contribution in [0.1, 0.15) is 29.7 Å². The Balaban J connectivity index is 1.85. The second-order valence-corrected chi connectivity index (χ2v) is 8.01. The minimum absolute atomic E-state index is 0.0299. The number of aromatic nitrogens is 1. The predicted octanol–water partition coefficient (Wildman–Crippen LogP) is 4.76. The van der Waals surface area contributed by atoms with Crippen molar-refractivity contribution in [1.82, 2.24) is 9.88 Å². The Hall–Kier alpha value is -3.84. The number of hydrogen-bond acceptors (Lipinski definition) is 6. The first-order valence-electron chi connectivity index (χ1n) is 10.7. The number of para-hydroxylation sites is 1. The standard InChI is InChI=1S/C26H23ClN2O5/c1-3-34-21-13-16(10-11-19(21)27)24(30)22-23(17-8-6-12-28-14-17)29(26(32)25(22)31)15-18-7-4-5-9-20(18)33-2/h4-14,23,30H,3,15H2,1-2H3/b24-22-. The van der Waals surface area contributed by atoms with E-state index in [1.807, 2.05) is 25.1 Å². The molecule has 8 heteroatoms. The summed E-state index contributed by atoms with van der Waals surface area (Å²) < 4.78 is 10.9. The summed E-state index contributed by atoms with van der Waals surface area (Å²) >= 11 is 6.19. The Morgan fingerprint density at radius 1 is 1.12 bits per heavy atom. The first kappa shape index (κ1) is 23.3. The number of aliphatic hydroxyl groups excluding tert-OH is 1. The van der Waals surface area contributed by atoms with Gasteiger partial charge >= 0.3 is 0 Å². The van der Waals surface area contributed by atoms with Crippen LogP contribution in [0.4, 0.5) is 0 Å². The van der Waals surface area contributed by atoms with Gasteiger partial charge in [-0.05, 0) is 42.8 Å².